The predicted molar refractivity (Wildman–Crippen MR) is 56.6 cm³/mol. The first-order valence-corrected chi connectivity index (χ1v) is 5.74. The van der Waals surface area contributed by atoms with Gasteiger partial charge in [-0.25, -0.2) is 0 Å². The van der Waals surface area contributed by atoms with Gasteiger partial charge < -0.3 is 4.52 Å². The highest BCUT2D eigenvalue weighted by Crippen LogP contribution is 2.31. The molecule has 2 heterocycles. The smallest absolute Gasteiger partial charge is 0.247 e. The molecule has 1 atom stereocenters. The molecule has 1 aliphatic heterocycles. The average Bonchev–Trinajstić information content (AvgIpc) is 2.90. The molecule has 1 N–H and O–H groups in total. The summed E-state index contributed by atoms with van der Waals surface area (Å²) in [5.41, 5.74) is 0. The van der Waals surface area contributed by atoms with Crippen molar-refractivity contribution in [2.45, 2.75) is 37.9 Å². The summed E-state index contributed by atoms with van der Waals surface area (Å²) < 4.78 is 4.92. The molecule has 6 nitrogen and oxygen atoms in total. The van der Waals surface area contributed by atoms with Crippen LogP contribution >= 0.6 is 0 Å². The van der Waals surface area contributed by atoms with E-state index in [4.69, 9.17) is 4.52 Å². The van der Waals surface area contributed by atoms with Crippen LogP contribution in [0.5, 0.6) is 0 Å². The van der Waals surface area contributed by atoms with Gasteiger partial charge in [0.15, 0.2) is 0 Å². The molecule has 0 bridgehead atoms. The molecule has 90 valence electrons. The van der Waals surface area contributed by atoms with Crippen LogP contribution in [0.1, 0.15) is 25.0 Å². The lowest BCUT2D eigenvalue weighted by molar-refractivity contribution is -0.139. The minimum atomic E-state index is -0.409. The summed E-state index contributed by atoms with van der Waals surface area (Å²) in [4.78, 5) is 25.0. The van der Waals surface area contributed by atoms with Crippen molar-refractivity contribution in [1.82, 2.24) is 15.4 Å². The second kappa shape index (κ2) is 3.96. The van der Waals surface area contributed by atoms with Gasteiger partial charge in [-0.15, -0.1) is 0 Å². The van der Waals surface area contributed by atoms with Gasteiger partial charge in [0, 0.05) is 12.1 Å². The molecule has 2 aliphatic rings. The number of hydrogen-bond acceptors (Lipinski definition) is 5. The van der Waals surface area contributed by atoms with Crippen LogP contribution in [-0.2, 0) is 16.1 Å². The summed E-state index contributed by atoms with van der Waals surface area (Å²) in [6, 6.07) is 1.48. The zero-order valence-electron chi connectivity index (χ0n) is 9.26. The first-order valence-electron chi connectivity index (χ1n) is 5.74. The topological polar surface area (TPSA) is 75.4 Å². The van der Waals surface area contributed by atoms with Crippen molar-refractivity contribution < 1.29 is 14.1 Å². The summed E-state index contributed by atoms with van der Waals surface area (Å²) in [5.74, 6) is 0.500. The van der Waals surface area contributed by atoms with Gasteiger partial charge in [-0.05, 0) is 12.8 Å². The molecule has 2 amide bonds. The van der Waals surface area contributed by atoms with Crippen LogP contribution in [0.3, 0.4) is 0 Å². The van der Waals surface area contributed by atoms with Gasteiger partial charge in [-0.3, -0.25) is 19.8 Å². The lowest BCUT2D eigenvalue weighted by Gasteiger charge is -2.13. The molecule has 1 aliphatic carbocycles. The van der Waals surface area contributed by atoms with E-state index in [9.17, 15) is 9.59 Å². The van der Waals surface area contributed by atoms with Crippen LogP contribution in [0.25, 0.3) is 0 Å². The maximum absolute atomic E-state index is 12.0. The highest BCUT2D eigenvalue weighted by molar-refractivity contribution is 6.06. The quantitative estimate of drug-likeness (QED) is 0.746. The SMILES string of the molecule is O=C1CC(NCc2ccno2)C(=O)N1C1CC1. The Balaban J connectivity index is 1.61. The Morgan fingerprint density at radius 2 is 2.29 bits per heavy atom. The number of imide groups is 1. The largest absolute Gasteiger partial charge is 0.360 e. The molecular weight excluding hydrogens is 222 g/mol. The Hall–Kier alpha value is -1.69. The van der Waals surface area contributed by atoms with Crippen LogP contribution in [0.15, 0.2) is 16.8 Å². The van der Waals surface area contributed by atoms with Crippen molar-refractivity contribution >= 4 is 11.8 Å². The zero-order valence-corrected chi connectivity index (χ0v) is 9.26. The molecule has 1 saturated carbocycles. The standard InChI is InChI=1S/C11H13N3O3/c15-10-5-9(11(16)14(10)7-1-2-7)12-6-8-3-4-13-17-8/h3-4,7,9,12H,1-2,5-6H2. The van der Waals surface area contributed by atoms with Crippen LogP contribution in [0.2, 0.25) is 0 Å². The Kier molecular flexibility index (Phi) is 2.44. The van der Waals surface area contributed by atoms with E-state index in [1.165, 1.54) is 4.90 Å². The maximum Gasteiger partial charge on any atom is 0.247 e. The number of carbonyl (C=O) groups is 2. The third kappa shape index (κ3) is 1.95. The molecule has 17 heavy (non-hydrogen) atoms. The molecule has 6 heteroatoms. The monoisotopic (exact) mass is 235 g/mol. The number of likely N-dealkylation sites (tertiary alicyclic amines) is 1. The highest BCUT2D eigenvalue weighted by Gasteiger charge is 2.45. The molecule has 0 radical (unpaired) electrons. The normalized spacial score (nSPS) is 24.7. The first kappa shape index (κ1) is 10.5. The molecule has 1 unspecified atom stereocenters. The van der Waals surface area contributed by atoms with Crippen molar-refractivity contribution in [2.24, 2.45) is 0 Å². The lowest BCUT2D eigenvalue weighted by atomic mass is 10.2. The fourth-order valence-electron chi connectivity index (χ4n) is 2.08. The number of nitrogens with one attached hydrogen (secondary N) is 1. The summed E-state index contributed by atoms with van der Waals surface area (Å²) >= 11 is 0. The predicted octanol–water partition coefficient (Wildman–Crippen LogP) is 0.0541. The summed E-state index contributed by atoms with van der Waals surface area (Å²) in [5, 5.41) is 6.61. The van der Waals surface area contributed by atoms with Gasteiger partial charge in [-0.1, -0.05) is 5.16 Å². The zero-order chi connectivity index (χ0) is 11.8. The highest BCUT2D eigenvalue weighted by atomic mass is 16.5. The molecular formula is C11H13N3O3. The van der Waals surface area contributed by atoms with Crippen LogP contribution in [-0.4, -0.2) is 34.0 Å². The van der Waals surface area contributed by atoms with Gasteiger partial charge in [0.05, 0.1) is 25.2 Å². The number of rotatable bonds is 4. The summed E-state index contributed by atoms with van der Waals surface area (Å²) in [6.45, 7) is 0.419. The third-order valence-corrected chi connectivity index (χ3v) is 3.11. The summed E-state index contributed by atoms with van der Waals surface area (Å²) in [7, 11) is 0. The molecule has 2 fully saturated rings. The van der Waals surface area contributed by atoms with E-state index in [2.05, 4.69) is 10.5 Å². The van der Waals surface area contributed by atoms with E-state index in [1.807, 2.05) is 0 Å². The second-order valence-electron chi connectivity index (χ2n) is 4.45. The van der Waals surface area contributed by atoms with Gasteiger partial charge >= 0.3 is 0 Å². The van der Waals surface area contributed by atoms with E-state index in [-0.39, 0.29) is 24.3 Å². The van der Waals surface area contributed by atoms with Crippen molar-refractivity contribution in [3.8, 4) is 0 Å². The van der Waals surface area contributed by atoms with Crippen LogP contribution < -0.4 is 5.32 Å². The molecule has 1 saturated heterocycles. The number of amides is 2. The van der Waals surface area contributed by atoms with Crippen LogP contribution in [0, 0.1) is 0 Å². The van der Waals surface area contributed by atoms with Gasteiger partial charge in [-0.2, -0.15) is 0 Å². The molecule has 0 aromatic carbocycles. The number of aromatic nitrogens is 1. The fourth-order valence-corrected chi connectivity index (χ4v) is 2.08. The van der Waals surface area contributed by atoms with E-state index < -0.39 is 6.04 Å². The number of nitrogens with zero attached hydrogens (tertiary/aromatic N) is 2. The first-order chi connectivity index (χ1) is 8.25. The minimum absolute atomic E-state index is 0.0624. The Morgan fingerprint density at radius 1 is 1.47 bits per heavy atom. The molecule has 1 aromatic heterocycles. The minimum Gasteiger partial charge on any atom is -0.360 e. The van der Waals surface area contributed by atoms with E-state index in [1.54, 1.807) is 12.3 Å². The maximum atomic E-state index is 12.0. The van der Waals surface area contributed by atoms with Crippen molar-refractivity contribution in [3.63, 3.8) is 0 Å². The van der Waals surface area contributed by atoms with Gasteiger partial charge in [0.2, 0.25) is 11.8 Å². The molecule has 0 spiro atoms. The van der Waals surface area contributed by atoms with Gasteiger partial charge in [0.1, 0.15) is 5.76 Å². The Bertz CT molecular complexity index is 439. The Labute approximate surface area is 97.9 Å². The number of hydrogen-bond donors (Lipinski definition) is 1. The van der Waals surface area contributed by atoms with E-state index in [0.717, 1.165) is 12.8 Å². The van der Waals surface area contributed by atoms with E-state index >= 15 is 0 Å². The Morgan fingerprint density at radius 3 is 2.94 bits per heavy atom. The molecule has 3 rings (SSSR count). The van der Waals surface area contributed by atoms with Crippen molar-refractivity contribution in [2.75, 3.05) is 0 Å². The lowest BCUT2D eigenvalue weighted by Crippen LogP contribution is -2.39. The van der Waals surface area contributed by atoms with Crippen LogP contribution in [0.4, 0.5) is 0 Å². The average molecular weight is 235 g/mol. The summed E-state index contributed by atoms with van der Waals surface area (Å²) in [6.07, 6.45) is 3.71. The van der Waals surface area contributed by atoms with Crippen molar-refractivity contribution in [1.29, 1.82) is 0 Å². The number of carbonyl (C=O) groups excluding carboxylic acids is 2. The molecule has 1 aromatic rings. The van der Waals surface area contributed by atoms with Crippen molar-refractivity contribution in [3.05, 3.63) is 18.0 Å². The third-order valence-electron chi connectivity index (χ3n) is 3.11. The second-order valence-corrected chi connectivity index (χ2v) is 4.45. The van der Waals surface area contributed by atoms with Gasteiger partial charge in [0.25, 0.3) is 0 Å². The fraction of sp³-hybridized carbons (Fsp3) is 0.545. The van der Waals surface area contributed by atoms with E-state index in [0.29, 0.717) is 12.3 Å².